The van der Waals surface area contributed by atoms with E-state index in [-0.39, 0.29) is 25.6 Å². The second kappa shape index (κ2) is 10.4. The maximum Gasteiger partial charge on any atom is 0.252 e. The number of fused-ring (bicyclic) bond motifs is 3. The summed E-state index contributed by atoms with van der Waals surface area (Å²) in [7, 11) is 0. The zero-order chi connectivity index (χ0) is 25.2. The van der Waals surface area contributed by atoms with E-state index in [1.54, 1.807) is 24.3 Å². The van der Waals surface area contributed by atoms with Gasteiger partial charge >= 0.3 is 0 Å². The van der Waals surface area contributed by atoms with Gasteiger partial charge in [-0.25, -0.2) is 4.39 Å². The molecule has 0 radical (unpaired) electrons. The SMILES string of the molecule is O=C(NCCO)C1=C[C@@H](N(Cc2ccc(F)cc2)C(=O)C2CCCO2)[C@H](O)[C@H]2Oc3ccccc3[C@@H]12. The average molecular weight is 497 g/mol. The van der Waals surface area contributed by atoms with E-state index in [9.17, 15) is 24.2 Å². The predicted octanol–water partition coefficient (Wildman–Crippen LogP) is 1.66. The van der Waals surface area contributed by atoms with Crippen LogP contribution in [-0.4, -0.2) is 71.0 Å². The van der Waals surface area contributed by atoms with Crippen molar-refractivity contribution in [2.75, 3.05) is 19.8 Å². The lowest BCUT2D eigenvalue weighted by atomic mass is 9.77. The Balaban J connectivity index is 1.55. The number of carbonyl (C=O) groups excluding carboxylic acids is 2. The molecule has 2 aromatic rings. The number of aliphatic hydroxyl groups excluding tert-OH is 2. The number of nitrogens with zero attached hydrogens (tertiary/aromatic N) is 1. The van der Waals surface area contributed by atoms with Gasteiger partial charge in [0.15, 0.2) is 0 Å². The Hall–Kier alpha value is -3.27. The Bertz CT molecular complexity index is 1150. The van der Waals surface area contributed by atoms with E-state index in [0.29, 0.717) is 29.9 Å². The maximum atomic E-state index is 13.6. The molecule has 3 aliphatic rings. The first kappa shape index (κ1) is 24.4. The van der Waals surface area contributed by atoms with Crippen LogP contribution >= 0.6 is 0 Å². The van der Waals surface area contributed by atoms with Crippen LogP contribution in [-0.2, 0) is 20.9 Å². The van der Waals surface area contributed by atoms with Gasteiger partial charge in [0, 0.05) is 30.8 Å². The van der Waals surface area contributed by atoms with Gasteiger partial charge in [-0.3, -0.25) is 9.59 Å². The van der Waals surface area contributed by atoms with Crippen molar-refractivity contribution in [3.8, 4) is 5.75 Å². The summed E-state index contributed by atoms with van der Waals surface area (Å²) in [5.41, 5.74) is 1.81. The number of para-hydroxylation sites is 1. The third-order valence-corrected chi connectivity index (χ3v) is 6.99. The fraction of sp³-hybridized carbons (Fsp3) is 0.407. The van der Waals surface area contributed by atoms with Crippen LogP contribution in [0.15, 0.2) is 60.2 Å². The quantitative estimate of drug-likeness (QED) is 0.538. The summed E-state index contributed by atoms with van der Waals surface area (Å²) in [5, 5.41) is 23.5. The number of hydrogen-bond acceptors (Lipinski definition) is 6. The number of nitrogens with one attached hydrogen (secondary N) is 1. The summed E-state index contributed by atoms with van der Waals surface area (Å²) in [6.45, 7) is 0.409. The molecule has 2 amide bonds. The smallest absolute Gasteiger partial charge is 0.252 e. The minimum absolute atomic E-state index is 0.0669. The van der Waals surface area contributed by atoms with Crippen molar-refractivity contribution in [1.82, 2.24) is 10.2 Å². The van der Waals surface area contributed by atoms with Gasteiger partial charge in [-0.15, -0.1) is 0 Å². The van der Waals surface area contributed by atoms with Gasteiger partial charge in [0.1, 0.15) is 29.9 Å². The molecule has 2 aliphatic heterocycles. The normalized spacial score (nSPS) is 26.4. The number of benzene rings is 2. The molecule has 0 spiro atoms. The first-order valence-corrected chi connectivity index (χ1v) is 12.2. The fourth-order valence-electron chi connectivity index (χ4n) is 5.27. The molecule has 190 valence electrons. The van der Waals surface area contributed by atoms with Crippen molar-refractivity contribution >= 4 is 11.8 Å². The molecule has 2 aromatic carbocycles. The number of rotatable bonds is 7. The van der Waals surface area contributed by atoms with Gasteiger partial charge in [0.05, 0.1) is 18.6 Å². The number of amides is 2. The molecule has 1 aliphatic carbocycles. The number of aliphatic hydroxyl groups is 2. The Morgan fingerprint density at radius 1 is 1.14 bits per heavy atom. The average Bonchev–Trinajstić information content (AvgIpc) is 3.56. The van der Waals surface area contributed by atoms with Gasteiger partial charge in [-0.2, -0.15) is 0 Å². The molecular formula is C27H29FN2O6. The molecule has 8 nitrogen and oxygen atoms in total. The number of hydrogen-bond donors (Lipinski definition) is 3. The van der Waals surface area contributed by atoms with Crippen LogP contribution < -0.4 is 10.1 Å². The Morgan fingerprint density at radius 2 is 1.92 bits per heavy atom. The Morgan fingerprint density at radius 3 is 2.64 bits per heavy atom. The Labute approximate surface area is 208 Å². The lowest BCUT2D eigenvalue weighted by molar-refractivity contribution is -0.147. The van der Waals surface area contributed by atoms with Crippen LogP contribution in [0.3, 0.4) is 0 Å². The first-order chi connectivity index (χ1) is 17.5. The summed E-state index contributed by atoms with van der Waals surface area (Å²) < 4.78 is 25.3. The van der Waals surface area contributed by atoms with Crippen molar-refractivity contribution in [3.05, 3.63) is 77.1 Å². The minimum atomic E-state index is -1.14. The second-order valence-corrected chi connectivity index (χ2v) is 9.27. The van der Waals surface area contributed by atoms with Crippen molar-refractivity contribution in [1.29, 1.82) is 0 Å². The third kappa shape index (κ3) is 4.61. The summed E-state index contributed by atoms with van der Waals surface area (Å²) in [6.07, 6.45) is 0.352. The van der Waals surface area contributed by atoms with E-state index in [1.165, 1.54) is 17.0 Å². The standard InChI is InChI=1S/C27H29FN2O6/c28-17-9-7-16(8-10-17)15-30(27(34)22-6-3-13-35-22)20-14-19(26(33)29-11-12-31)23-18-4-1-2-5-21(18)36-25(23)24(20)32/h1-2,4-5,7-10,14,20,22-25,31-32H,3,6,11-13,15H2,(H,29,33)/t20-,22?,23+,24+,25+/m1/s1. The molecule has 1 saturated heterocycles. The summed E-state index contributed by atoms with van der Waals surface area (Å²) >= 11 is 0. The van der Waals surface area contributed by atoms with Crippen LogP contribution in [0.1, 0.15) is 29.9 Å². The number of halogens is 1. The molecule has 0 aromatic heterocycles. The molecule has 9 heteroatoms. The van der Waals surface area contributed by atoms with E-state index in [0.717, 1.165) is 12.0 Å². The molecular weight excluding hydrogens is 467 g/mol. The summed E-state index contributed by atoms with van der Waals surface area (Å²) in [5.74, 6) is -1.06. The summed E-state index contributed by atoms with van der Waals surface area (Å²) in [6, 6.07) is 12.2. The van der Waals surface area contributed by atoms with Crippen molar-refractivity contribution in [3.63, 3.8) is 0 Å². The molecule has 5 rings (SSSR count). The molecule has 0 saturated carbocycles. The van der Waals surface area contributed by atoms with Crippen molar-refractivity contribution in [2.24, 2.45) is 0 Å². The highest BCUT2D eigenvalue weighted by Gasteiger charge is 2.51. The lowest BCUT2D eigenvalue weighted by Gasteiger charge is -2.41. The lowest BCUT2D eigenvalue weighted by Crippen LogP contribution is -2.57. The largest absolute Gasteiger partial charge is 0.486 e. The molecule has 1 unspecified atom stereocenters. The molecule has 36 heavy (non-hydrogen) atoms. The molecule has 2 heterocycles. The first-order valence-electron chi connectivity index (χ1n) is 12.2. The van der Waals surface area contributed by atoms with Gasteiger partial charge < -0.3 is 29.9 Å². The van der Waals surface area contributed by atoms with Gasteiger partial charge in [-0.1, -0.05) is 30.3 Å². The van der Waals surface area contributed by atoms with Crippen LogP contribution in [0.2, 0.25) is 0 Å². The minimum Gasteiger partial charge on any atom is -0.486 e. The van der Waals surface area contributed by atoms with Crippen LogP contribution in [0.5, 0.6) is 5.75 Å². The van der Waals surface area contributed by atoms with Gasteiger partial charge in [-0.05, 0) is 42.7 Å². The van der Waals surface area contributed by atoms with E-state index >= 15 is 0 Å². The zero-order valence-corrected chi connectivity index (χ0v) is 19.7. The highest BCUT2D eigenvalue weighted by atomic mass is 19.1. The van der Waals surface area contributed by atoms with Crippen molar-refractivity contribution < 1.29 is 33.7 Å². The fourth-order valence-corrected chi connectivity index (χ4v) is 5.27. The zero-order valence-electron chi connectivity index (χ0n) is 19.7. The van der Waals surface area contributed by atoms with E-state index in [1.807, 2.05) is 18.2 Å². The topological polar surface area (TPSA) is 108 Å². The Kier molecular flexibility index (Phi) is 7.04. The van der Waals surface area contributed by atoms with E-state index in [4.69, 9.17) is 9.47 Å². The number of carbonyl (C=O) groups is 2. The number of ether oxygens (including phenoxy) is 2. The molecule has 5 atom stereocenters. The van der Waals surface area contributed by atoms with Crippen molar-refractivity contribution in [2.45, 2.75) is 49.7 Å². The van der Waals surface area contributed by atoms with Gasteiger partial charge in [0.2, 0.25) is 5.91 Å². The van der Waals surface area contributed by atoms with Crippen LogP contribution in [0, 0.1) is 5.82 Å². The molecule has 3 N–H and O–H groups in total. The molecule has 1 fully saturated rings. The second-order valence-electron chi connectivity index (χ2n) is 9.27. The van der Waals surface area contributed by atoms with Crippen LogP contribution in [0.4, 0.5) is 4.39 Å². The van der Waals surface area contributed by atoms with Crippen LogP contribution in [0.25, 0.3) is 0 Å². The maximum absolute atomic E-state index is 13.6. The van der Waals surface area contributed by atoms with E-state index in [2.05, 4.69) is 5.32 Å². The van der Waals surface area contributed by atoms with E-state index < -0.39 is 42.0 Å². The summed E-state index contributed by atoms with van der Waals surface area (Å²) in [4.78, 5) is 28.3. The van der Waals surface area contributed by atoms with Gasteiger partial charge in [0.25, 0.3) is 5.91 Å². The predicted molar refractivity (Wildman–Crippen MR) is 127 cm³/mol. The molecule has 0 bridgehead atoms. The highest BCUT2D eigenvalue weighted by molar-refractivity contribution is 5.96. The monoisotopic (exact) mass is 496 g/mol. The third-order valence-electron chi connectivity index (χ3n) is 6.99. The highest BCUT2D eigenvalue weighted by Crippen LogP contribution is 2.47.